The van der Waals surface area contributed by atoms with E-state index in [1.165, 1.54) is 12.8 Å². The minimum Gasteiger partial charge on any atom is -0.324 e. The highest BCUT2D eigenvalue weighted by atomic mass is 31.2. The highest BCUT2D eigenvalue weighted by Crippen LogP contribution is 2.47. The van der Waals surface area contributed by atoms with E-state index in [1.54, 1.807) is 0 Å². The van der Waals surface area contributed by atoms with E-state index in [9.17, 15) is 9.13 Å². The van der Waals surface area contributed by atoms with Crippen LogP contribution >= 0.6 is 15.4 Å². The average molecular weight is 312 g/mol. The molecule has 0 aliphatic carbocycles. The first-order valence-corrected chi connectivity index (χ1v) is 10.8. The zero-order chi connectivity index (χ0) is 14.9. The second kappa shape index (κ2) is 10.2. The first kappa shape index (κ1) is 19.4. The molecule has 1 rings (SSSR count). The Balaban J connectivity index is 0.000000388. The van der Waals surface area contributed by atoms with Crippen molar-refractivity contribution in [2.75, 3.05) is 32.2 Å². The summed E-state index contributed by atoms with van der Waals surface area (Å²) < 4.78 is 32.0. The molecule has 0 spiro atoms. The monoisotopic (exact) mass is 312 g/mol. The van der Waals surface area contributed by atoms with Crippen molar-refractivity contribution in [1.82, 2.24) is 0 Å². The summed E-state index contributed by atoms with van der Waals surface area (Å²) in [5.74, 6) is 0.809. The molecule has 116 valence electrons. The summed E-state index contributed by atoms with van der Waals surface area (Å²) in [5, 5.41) is 0. The molecule has 0 amide bonds. The van der Waals surface area contributed by atoms with E-state index in [2.05, 4.69) is 0 Å². The Hall–Kier alpha value is 0.380. The third-order valence-electron chi connectivity index (χ3n) is 2.58. The van der Waals surface area contributed by atoms with Gasteiger partial charge in [0.05, 0.1) is 20.4 Å². The van der Waals surface area contributed by atoms with Crippen molar-refractivity contribution in [3.8, 4) is 0 Å². The summed E-state index contributed by atoms with van der Waals surface area (Å²) in [6.45, 7) is 11.0. The molecule has 1 heterocycles. The van der Waals surface area contributed by atoms with Crippen LogP contribution in [0.25, 0.3) is 0 Å². The summed E-state index contributed by atoms with van der Waals surface area (Å²) in [7, 11) is -3.77. The van der Waals surface area contributed by atoms with E-state index in [1.807, 2.05) is 34.4 Å². The molecular formula is C13H30O4P2. The second-order valence-corrected chi connectivity index (χ2v) is 10.7. The molecule has 0 aromatic carbocycles. The maximum absolute atomic E-state index is 11.0. The van der Waals surface area contributed by atoms with Crippen LogP contribution in [0, 0.1) is 11.8 Å². The van der Waals surface area contributed by atoms with Gasteiger partial charge in [0.25, 0.3) is 0 Å². The van der Waals surface area contributed by atoms with Gasteiger partial charge in [0.1, 0.15) is 0 Å². The minimum absolute atomic E-state index is 0.404. The molecule has 1 aliphatic heterocycles. The van der Waals surface area contributed by atoms with Gasteiger partial charge in [-0.15, -0.1) is 0 Å². The maximum Gasteiger partial charge on any atom is 0.319 e. The van der Waals surface area contributed by atoms with Crippen LogP contribution in [0.3, 0.4) is 0 Å². The smallest absolute Gasteiger partial charge is 0.319 e. The minimum atomic E-state index is -2.23. The second-order valence-electron chi connectivity index (χ2n) is 6.11. The zero-order valence-electron chi connectivity index (χ0n) is 13.0. The summed E-state index contributed by atoms with van der Waals surface area (Å²) in [4.78, 5) is 0. The third-order valence-corrected chi connectivity index (χ3v) is 5.91. The van der Waals surface area contributed by atoms with Crippen LogP contribution < -0.4 is 0 Å². The van der Waals surface area contributed by atoms with Gasteiger partial charge < -0.3 is 13.6 Å². The van der Waals surface area contributed by atoms with Crippen LogP contribution in [-0.4, -0.2) is 32.2 Å². The van der Waals surface area contributed by atoms with Gasteiger partial charge in [-0.2, -0.15) is 0 Å². The lowest BCUT2D eigenvalue weighted by atomic mass is 10.2. The van der Waals surface area contributed by atoms with Gasteiger partial charge in [0.2, 0.25) is 0 Å². The predicted octanol–water partition coefficient (Wildman–Crippen LogP) is 4.49. The van der Waals surface area contributed by atoms with Crippen LogP contribution in [0.2, 0.25) is 0 Å². The molecule has 0 N–H and O–H groups in total. The molecular weight excluding hydrogens is 282 g/mol. The summed E-state index contributed by atoms with van der Waals surface area (Å²) >= 11 is 0. The molecule has 1 aliphatic rings. The van der Waals surface area contributed by atoms with Crippen molar-refractivity contribution in [3.63, 3.8) is 0 Å². The molecule has 0 saturated carbocycles. The maximum atomic E-state index is 11.0. The largest absolute Gasteiger partial charge is 0.324 e. The third kappa shape index (κ3) is 13.1. The fraction of sp³-hybridized carbons (Fsp3) is 1.00. The standard InChI is InChI=1S/C8H19O3P.C5H11OP/c1-7(2)5-10-12(9)11-6-8(3)4;1-7(6)4-2-3-5-7/h7-8,12H,5-6H2,1-4H3;2-5H2,1H3. The molecule has 0 bridgehead atoms. The molecule has 6 heteroatoms. The lowest BCUT2D eigenvalue weighted by Crippen LogP contribution is -2.00. The van der Waals surface area contributed by atoms with E-state index in [0.29, 0.717) is 25.0 Å². The number of hydrogen-bond donors (Lipinski definition) is 0. The Kier molecular flexibility index (Phi) is 10.4. The van der Waals surface area contributed by atoms with Gasteiger partial charge >= 0.3 is 8.25 Å². The first-order chi connectivity index (χ1) is 8.73. The Morgan fingerprint density at radius 3 is 1.58 bits per heavy atom. The molecule has 0 aromatic heterocycles. The highest BCUT2D eigenvalue weighted by molar-refractivity contribution is 7.63. The molecule has 0 aromatic rings. The quantitative estimate of drug-likeness (QED) is 0.678. The van der Waals surface area contributed by atoms with Crippen molar-refractivity contribution < 1.29 is 18.2 Å². The van der Waals surface area contributed by atoms with E-state index in [0.717, 1.165) is 12.3 Å². The summed E-state index contributed by atoms with van der Waals surface area (Å²) in [6.07, 6.45) is 4.42. The van der Waals surface area contributed by atoms with Gasteiger partial charge in [-0.25, -0.2) is 0 Å². The fourth-order valence-electron chi connectivity index (χ4n) is 1.52. The topological polar surface area (TPSA) is 52.6 Å². The molecule has 19 heavy (non-hydrogen) atoms. The first-order valence-electron chi connectivity index (χ1n) is 7.08. The predicted molar refractivity (Wildman–Crippen MR) is 83.1 cm³/mol. The summed E-state index contributed by atoms with van der Waals surface area (Å²) in [5.41, 5.74) is 0. The van der Waals surface area contributed by atoms with E-state index in [-0.39, 0.29) is 0 Å². The van der Waals surface area contributed by atoms with Crippen LogP contribution in [0.5, 0.6) is 0 Å². The SMILES string of the molecule is CC(C)CO[PH](=O)OCC(C)C.CP1(=O)CCCC1. The summed E-state index contributed by atoms with van der Waals surface area (Å²) in [6, 6.07) is 0. The van der Waals surface area contributed by atoms with E-state index < -0.39 is 15.4 Å². The molecule has 1 saturated heterocycles. The Labute approximate surface area is 119 Å². The number of hydrogen-bond acceptors (Lipinski definition) is 4. The van der Waals surface area contributed by atoms with Crippen LogP contribution in [0.15, 0.2) is 0 Å². The Bertz CT molecular complexity index is 279. The molecule has 1 fully saturated rings. The van der Waals surface area contributed by atoms with Crippen molar-refractivity contribution in [1.29, 1.82) is 0 Å². The van der Waals surface area contributed by atoms with Crippen molar-refractivity contribution >= 4 is 15.4 Å². The van der Waals surface area contributed by atoms with Crippen molar-refractivity contribution in [2.24, 2.45) is 11.8 Å². The molecule has 0 atom stereocenters. The average Bonchev–Trinajstić information content (AvgIpc) is 2.69. The Morgan fingerprint density at radius 1 is 1.00 bits per heavy atom. The molecule has 4 nitrogen and oxygen atoms in total. The van der Waals surface area contributed by atoms with Crippen LogP contribution in [0.1, 0.15) is 40.5 Å². The fourth-order valence-corrected chi connectivity index (χ4v) is 4.55. The highest BCUT2D eigenvalue weighted by Gasteiger charge is 2.19. The van der Waals surface area contributed by atoms with E-state index in [4.69, 9.17) is 9.05 Å². The Morgan fingerprint density at radius 2 is 1.37 bits per heavy atom. The van der Waals surface area contributed by atoms with E-state index >= 15 is 0 Å². The lowest BCUT2D eigenvalue weighted by molar-refractivity contribution is 0.192. The molecule has 0 radical (unpaired) electrons. The number of rotatable bonds is 6. The van der Waals surface area contributed by atoms with Gasteiger partial charge in [0.15, 0.2) is 0 Å². The van der Waals surface area contributed by atoms with Gasteiger partial charge in [-0.05, 0) is 31.3 Å². The van der Waals surface area contributed by atoms with Crippen LogP contribution in [0.4, 0.5) is 0 Å². The van der Waals surface area contributed by atoms with Crippen molar-refractivity contribution in [2.45, 2.75) is 40.5 Å². The van der Waals surface area contributed by atoms with Gasteiger partial charge in [0, 0.05) is 12.3 Å². The van der Waals surface area contributed by atoms with Crippen LogP contribution in [-0.2, 0) is 18.2 Å². The molecule has 0 unspecified atom stereocenters. The normalized spacial score (nSPS) is 17.9. The zero-order valence-corrected chi connectivity index (χ0v) is 14.9. The lowest BCUT2D eigenvalue weighted by Gasteiger charge is -2.08. The van der Waals surface area contributed by atoms with Gasteiger partial charge in [-0.1, -0.05) is 27.7 Å². The van der Waals surface area contributed by atoms with Gasteiger partial charge in [-0.3, -0.25) is 4.57 Å². The van der Waals surface area contributed by atoms with Crippen molar-refractivity contribution in [3.05, 3.63) is 0 Å².